The molecule has 0 unspecified atom stereocenters. The average Bonchev–Trinajstić information content (AvgIpc) is 3.57. The van der Waals surface area contributed by atoms with E-state index >= 15 is 0 Å². The fraction of sp³-hybridized carbons (Fsp3) is 0.773. The summed E-state index contributed by atoms with van der Waals surface area (Å²) in [6.07, 6.45) is 13.3. The van der Waals surface area contributed by atoms with Gasteiger partial charge in [0, 0.05) is 34.3 Å². The predicted molar refractivity (Wildman–Crippen MR) is 208 cm³/mol. The minimum Gasteiger partial charge on any atom is -0.481 e. The van der Waals surface area contributed by atoms with Gasteiger partial charge in [0.2, 0.25) is 0 Å². The Bertz CT molecular complexity index is 1730. The number of hydrogen-bond donors (Lipinski definition) is 2. The number of allylic oxidation sites excluding steroid dienone is 1. The van der Waals surface area contributed by atoms with Gasteiger partial charge in [-0.1, -0.05) is 80.9 Å². The van der Waals surface area contributed by atoms with E-state index in [2.05, 4.69) is 91.9 Å². The zero-order valence-corrected chi connectivity index (χ0v) is 34.4. The summed E-state index contributed by atoms with van der Waals surface area (Å²) in [7, 11) is 0. The third kappa shape index (κ3) is 5.47. The summed E-state index contributed by atoms with van der Waals surface area (Å²) in [6, 6.07) is 3.87. The molecule has 292 valence electrons. The summed E-state index contributed by atoms with van der Waals surface area (Å²) < 4.78 is 16.1. The van der Waals surface area contributed by atoms with Gasteiger partial charge in [0.15, 0.2) is 5.82 Å². The van der Waals surface area contributed by atoms with Gasteiger partial charge < -0.3 is 20.3 Å². The van der Waals surface area contributed by atoms with Gasteiger partial charge in [0.25, 0.3) is 0 Å². The van der Waals surface area contributed by atoms with Crippen LogP contribution in [-0.2, 0) is 14.3 Å². The van der Waals surface area contributed by atoms with Crippen molar-refractivity contribution >= 4 is 5.97 Å². The van der Waals surface area contributed by atoms with Crippen molar-refractivity contribution in [3.63, 3.8) is 0 Å². The minimum absolute atomic E-state index is 0.123. The van der Waals surface area contributed by atoms with Crippen LogP contribution >= 0.6 is 0 Å². The lowest BCUT2D eigenvalue weighted by Crippen LogP contribution is -2.69. The molecule has 2 aromatic rings. The van der Waals surface area contributed by atoms with E-state index < -0.39 is 17.4 Å². The Morgan fingerprint density at radius 2 is 1.83 bits per heavy atom. The van der Waals surface area contributed by atoms with Crippen molar-refractivity contribution in [2.45, 2.75) is 132 Å². The average molecular weight is 730 g/mol. The quantitative estimate of drug-likeness (QED) is 0.259. The number of ether oxygens (including phenoxy) is 2. The van der Waals surface area contributed by atoms with Crippen LogP contribution in [0.4, 0.5) is 0 Å². The van der Waals surface area contributed by atoms with Gasteiger partial charge in [-0.05, 0) is 103 Å². The van der Waals surface area contributed by atoms with Crippen LogP contribution in [0.1, 0.15) is 121 Å². The molecule has 3 N–H and O–H groups in total. The number of carboxylic acid groups (broad SMARTS) is 1. The summed E-state index contributed by atoms with van der Waals surface area (Å²) >= 11 is 0. The predicted octanol–water partition coefficient (Wildman–Crippen LogP) is 8.62. The molecule has 0 spiro atoms. The van der Waals surface area contributed by atoms with Crippen LogP contribution in [-0.4, -0.2) is 62.3 Å². The van der Waals surface area contributed by atoms with Gasteiger partial charge in [-0.25, -0.2) is 9.67 Å². The highest BCUT2D eigenvalue weighted by Gasteiger charge is 2.72. The summed E-state index contributed by atoms with van der Waals surface area (Å²) in [5, 5.41) is 16.1. The standard InChI is InChI=1S/C44H67N5O4/c1-27(2)28(3)39(7)18-19-41(9)30-14-15-33-40(8)23-52-25-44(33,31(30)16-17-42(41,10)34(39)37(50)51)21-32(35(40)53-24-43(11,45)38(4,5)6)49-36(47-26-48-49)29-13-12-20-46-22-29/h12-13,16,20,22,26-28,30,32-35H,14-15,17-19,21,23-25,45H2,1-11H3,(H,50,51)/t28-,30+,32-,33+,34-,35+,39-,40-,41-,42+,43+,44+/m1/s1. The van der Waals surface area contributed by atoms with E-state index in [0.29, 0.717) is 37.6 Å². The van der Waals surface area contributed by atoms with E-state index in [0.717, 1.165) is 49.9 Å². The molecule has 3 saturated carbocycles. The molecule has 9 nitrogen and oxygen atoms in total. The summed E-state index contributed by atoms with van der Waals surface area (Å²) in [5.74, 6) is 1.09. The lowest BCUT2D eigenvalue weighted by Gasteiger charge is -2.71. The van der Waals surface area contributed by atoms with Gasteiger partial charge in [0.1, 0.15) is 6.33 Å². The molecule has 4 aliphatic carbocycles. The number of pyridine rings is 1. The first kappa shape index (κ1) is 38.6. The number of hydrogen-bond acceptors (Lipinski definition) is 7. The number of aromatic nitrogens is 4. The maximum absolute atomic E-state index is 13.6. The van der Waals surface area contributed by atoms with Crippen molar-refractivity contribution in [1.29, 1.82) is 0 Å². The fourth-order valence-electron chi connectivity index (χ4n) is 12.8. The van der Waals surface area contributed by atoms with E-state index in [9.17, 15) is 9.90 Å². The number of aliphatic carboxylic acids is 1. The van der Waals surface area contributed by atoms with Gasteiger partial charge in [-0.2, -0.15) is 5.10 Å². The fourth-order valence-corrected chi connectivity index (χ4v) is 12.8. The number of carboxylic acids is 1. The van der Waals surface area contributed by atoms with E-state index in [4.69, 9.17) is 25.3 Å². The third-order valence-electron chi connectivity index (χ3n) is 17.2. The molecule has 0 radical (unpaired) electrons. The lowest BCUT2D eigenvalue weighted by atomic mass is 9.34. The van der Waals surface area contributed by atoms with Crippen LogP contribution in [0.25, 0.3) is 11.4 Å². The Labute approximate surface area is 318 Å². The van der Waals surface area contributed by atoms with Crippen molar-refractivity contribution in [1.82, 2.24) is 19.7 Å². The van der Waals surface area contributed by atoms with Crippen LogP contribution in [0.3, 0.4) is 0 Å². The van der Waals surface area contributed by atoms with Gasteiger partial charge in [0.05, 0.1) is 37.9 Å². The van der Waals surface area contributed by atoms with Gasteiger partial charge in [-0.15, -0.1) is 0 Å². The van der Waals surface area contributed by atoms with Crippen LogP contribution in [0.2, 0.25) is 0 Å². The Kier molecular flexibility index (Phi) is 9.26. The number of nitrogens with zero attached hydrogens (tertiary/aromatic N) is 4. The topological polar surface area (TPSA) is 125 Å². The first-order chi connectivity index (χ1) is 24.7. The Morgan fingerprint density at radius 1 is 1.09 bits per heavy atom. The molecule has 2 bridgehead atoms. The summed E-state index contributed by atoms with van der Waals surface area (Å²) in [5.41, 5.74) is 7.37. The maximum Gasteiger partial charge on any atom is 0.307 e. The molecular formula is C44H67N5O4. The molecular weight excluding hydrogens is 663 g/mol. The van der Waals surface area contributed by atoms with Crippen LogP contribution in [0.15, 0.2) is 42.5 Å². The molecule has 7 rings (SSSR count). The Hall–Kier alpha value is -2.62. The van der Waals surface area contributed by atoms with E-state index in [1.54, 1.807) is 12.5 Å². The van der Waals surface area contributed by atoms with E-state index in [1.807, 2.05) is 18.3 Å². The van der Waals surface area contributed by atoms with Crippen LogP contribution < -0.4 is 5.73 Å². The van der Waals surface area contributed by atoms with Crippen molar-refractivity contribution in [2.24, 2.45) is 67.8 Å². The molecule has 2 aromatic heterocycles. The van der Waals surface area contributed by atoms with Gasteiger partial charge in [-0.3, -0.25) is 9.78 Å². The van der Waals surface area contributed by atoms with Crippen molar-refractivity contribution in [3.8, 4) is 11.4 Å². The molecule has 0 aromatic carbocycles. The number of nitrogens with two attached hydrogens (primary N) is 1. The first-order valence-corrected chi connectivity index (χ1v) is 20.4. The SMILES string of the molecule is CC(C)[C@@H](C)[C@@]1(C)CC[C@]2(C)[C@H]3CC[C@@H]4[C@@]5(COC[C@@]4(C)[C@@H](OC[C@](C)(N)C(C)(C)C)[C@H](n4ncnc4-c4cccnc4)C5)C3=CC[C@@]2(C)[C@@H]1C(=O)O. The molecule has 3 heterocycles. The zero-order chi connectivity index (χ0) is 38.6. The minimum atomic E-state index is -0.625. The number of fused-ring (bicyclic) bond motifs is 3. The van der Waals surface area contributed by atoms with Crippen molar-refractivity contribution < 1.29 is 19.4 Å². The first-order valence-electron chi connectivity index (χ1n) is 20.4. The summed E-state index contributed by atoms with van der Waals surface area (Å²) in [4.78, 5) is 22.8. The van der Waals surface area contributed by atoms with E-state index in [1.165, 1.54) is 5.57 Å². The Balaban J connectivity index is 1.35. The third-order valence-corrected chi connectivity index (χ3v) is 17.2. The molecule has 9 heteroatoms. The van der Waals surface area contributed by atoms with Crippen molar-refractivity contribution in [3.05, 3.63) is 42.5 Å². The summed E-state index contributed by atoms with van der Waals surface area (Å²) in [6.45, 7) is 26.6. The molecule has 1 saturated heterocycles. The zero-order valence-electron chi connectivity index (χ0n) is 34.4. The lowest BCUT2D eigenvalue weighted by molar-refractivity contribution is -0.253. The largest absolute Gasteiger partial charge is 0.481 e. The maximum atomic E-state index is 13.6. The molecule has 5 aliphatic rings. The second kappa shape index (κ2) is 12.7. The molecule has 12 atom stereocenters. The van der Waals surface area contributed by atoms with Gasteiger partial charge >= 0.3 is 5.97 Å². The highest BCUT2D eigenvalue weighted by molar-refractivity contribution is 5.73. The molecule has 0 amide bonds. The van der Waals surface area contributed by atoms with Crippen LogP contribution in [0, 0.1) is 62.1 Å². The highest BCUT2D eigenvalue weighted by atomic mass is 16.5. The van der Waals surface area contributed by atoms with E-state index in [-0.39, 0.29) is 50.6 Å². The molecule has 4 fully saturated rings. The molecule has 53 heavy (non-hydrogen) atoms. The second-order valence-corrected chi connectivity index (χ2v) is 20.8. The number of rotatable bonds is 8. The monoisotopic (exact) mass is 730 g/mol. The van der Waals surface area contributed by atoms with Crippen molar-refractivity contribution in [2.75, 3.05) is 19.8 Å². The highest BCUT2D eigenvalue weighted by Crippen LogP contribution is 2.75. The smallest absolute Gasteiger partial charge is 0.307 e. The van der Waals surface area contributed by atoms with Crippen LogP contribution in [0.5, 0.6) is 0 Å². The number of carbonyl (C=O) groups is 1. The molecule has 1 aliphatic heterocycles. The normalized spacial score (nSPS) is 41.4. The Morgan fingerprint density at radius 3 is 2.47 bits per heavy atom. The second-order valence-electron chi connectivity index (χ2n) is 20.8.